The number of hydrogen-bond donors (Lipinski definition) is 2. The average molecular weight is 298 g/mol. The van der Waals surface area contributed by atoms with Gasteiger partial charge in [-0.05, 0) is 53.4 Å². The van der Waals surface area contributed by atoms with Gasteiger partial charge in [-0.25, -0.2) is 4.98 Å². The van der Waals surface area contributed by atoms with E-state index in [0.717, 1.165) is 23.1 Å². The van der Waals surface area contributed by atoms with Crippen LogP contribution in [-0.2, 0) is 4.79 Å². The Labute approximate surface area is 109 Å². The quantitative estimate of drug-likeness (QED) is 0.822. The highest BCUT2D eigenvalue weighted by Gasteiger charge is 2.27. The molecule has 17 heavy (non-hydrogen) atoms. The number of pyridine rings is 1. The number of anilines is 1. The van der Waals surface area contributed by atoms with Crippen molar-refractivity contribution in [1.82, 2.24) is 10.3 Å². The smallest absolute Gasteiger partial charge is 0.242 e. The Hall–Kier alpha value is -0.940. The van der Waals surface area contributed by atoms with Gasteiger partial charge < -0.3 is 10.6 Å². The fraction of sp³-hybridized carbons (Fsp3) is 0.500. The average Bonchev–Trinajstić information content (AvgIpc) is 2.70. The Morgan fingerprint density at radius 2 is 2.35 bits per heavy atom. The number of amides is 1. The van der Waals surface area contributed by atoms with Crippen molar-refractivity contribution < 1.29 is 4.79 Å². The molecule has 0 aromatic carbocycles. The summed E-state index contributed by atoms with van der Waals surface area (Å²) in [7, 11) is 0. The molecule has 0 spiro atoms. The molecule has 2 atom stereocenters. The Kier molecular flexibility index (Phi) is 3.79. The summed E-state index contributed by atoms with van der Waals surface area (Å²) in [6, 6.07) is 3.70. The van der Waals surface area contributed by atoms with Crippen LogP contribution in [0.2, 0.25) is 0 Å². The second-order valence-corrected chi connectivity index (χ2v) is 5.40. The molecule has 2 rings (SSSR count). The van der Waals surface area contributed by atoms with Crippen molar-refractivity contribution in [3.05, 3.63) is 22.3 Å². The van der Waals surface area contributed by atoms with Crippen molar-refractivity contribution in [2.75, 3.05) is 11.9 Å². The molecule has 1 fully saturated rings. The van der Waals surface area contributed by atoms with Crippen LogP contribution in [0, 0.1) is 12.8 Å². The summed E-state index contributed by atoms with van der Waals surface area (Å²) in [6.07, 6.45) is 0.888. The minimum atomic E-state index is -0.0924. The third-order valence-corrected chi connectivity index (χ3v) is 3.41. The molecule has 1 aliphatic rings. The highest BCUT2D eigenvalue weighted by atomic mass is 79.9. The SMILES string of the molecule is Cc1ccc(Br)nc1NC(=O)[C@@H]1CC(C)CN1. The molecule has 0 bridgehead atoms. The predicted molar refractivity (Wildman–Crippen MR) is 70.9 cm³/mol. The molecule has 0 radical (unpaired) electrons. The van der Waals surface area contributed by atoms with Crippen molar-refractivity contribution in [2.24, 2.45) is 5.92 Å². The highest BCUT2D eigenvalue weighted by molar-refractivity contribution is 9.10. The first kappa shape index (κ1) is 12.5. The molecule has 1 unspecified atom stereocenters. The van der Waals surface area contributed by atoms with E-state index in [1.54, 1.807) is 0 Å². The van der Waals surface area contributed by atoms with Gasteiger partial charge in [0.15, 0.2) is 0 Å². The lowest BCUT2D eigenvalue weighted by Gasteiger charge is -2.12. The van der Waals surface area contributed by atoms with Crippen LogP contribution in [0.3, 0.4) is 0 Å². The minimum Gasteiger partial charge on any atom is -0.309 e. The number of aryl methyl sites for hydroxylation is 1. The fourth-order valence-corrected chi connectivity index (χ4v) is 2.26. The Morgan fingerprint density at radius 1 is 1.59 bits per heavy atom. The van der Waals surface area contributed by atoms with Crippen LogP contribution in [0.15, 0.2) is 16.7 Å². The third-order valence-electron chi connectivity index (χ3n) is 2.97. The van der Waals surface area contributed by atoms with Gasteiger partial charge in [-0.15, -0.1) is 0 Å². The van der Waals surface area contributed by atoms with E-state index in [9.17, 15) is 4.79 Å². The van der Waals surface area contributed by atoms with E-state index >= 15 is 0 Å². The molecule has 0 aliphatic carbocycles. The van der Waals surface area contributed by atoms with Crippen molar-refractivity contribution in [3.8, 4) is 0 Å². The number of hydrogen-bond acceptors (Lipinski definition) is 3. The monoisotopic (exact) mass is 297 g/mol. The van der Waals surface area contributed by atoms with E-state index < -0.39 is 0 Å². The second kappa shape index (κ2) is 5.14. The van der Waals surface area contributed by atoms with E-state index in [1.807, 2.05) is 19.1 Å². The van der Waals surface area contributed by atoms with Gasteiger partial charge in [0, 0.05) is 0 Å². The van der Waals surface area contributed by atoms with Crippen molar-refractivity contribution in [1.29, 1.82) is 0 Å². The van der Waals surface area contributed by atoms with Gasteiger partial charge in [-0.3, -0.25) is 4.79 Å². The Morgan fingerprint density at radius 3 is 3.00 bits per heavy atom. The molecule has 1 amide bonds. The molecule has 1 aromatic heterocycles. The topological polar surface area (TPSA) is 54.0 Å². The summed E-state index contributed by atoms with van der Waals surface area (Å²) >= 11 is 3.30. The first-order valence-corrected chi connectivity index (χ1v) is 6.53. The first-order chi connectivity index (χ1) is 8.06. The molecule has 92 valence electrons. The Bertz CT molecular complexity index is 436. The summed E-state index contributed by atoms with van der Waals surface area (Å²) in [6.45, 7) is 4.98. The zero-order valence-corrected chi connectivity index (χ0v) is 11.5. The molecule has 1 aliphatic heterocycles. The molecule has 5 heteroatoms. The van der Waals surface area contributed by atoms with Gasteiger partial charge in [0.25, 0.3) is 0 Å². The normalized spacial score (nSPS) is 23.7. The fourth-order valence-electron chi connectivity index (χ4n) is 1.95. The van der Waals surface area contributed by atoms with Crippen LogP contribution in [0.25, 0.3) is 0 Å². The standard InChI is InChI=1S/C12H16BrN3O/c1-7-5-9(14-6-7)12(17)16-11-8(2)3-4-10(13)15-11/h3-4,7,9,14H,5-6H2,1-2H3,(H,15,16,17)/t7?,9-/m0/s1. The number of nitrogens with one attached hydrogen (secondary N) is 2. The molecule has 4 nitrogen and oxygen atoms in total. The maximum atomic E-state index is 12.0. The number of nitrogens with zero attached hydrogens (tertiary/aromatic N) is 1. The van der Waals surface area contributed by atoms with E-state index in [2.05, 4.69) is 38.5 Å². The van der Waals surface area contributed by atoms with Gasteiger partial charge in [0.05, 0.1) is 6.04 Å². The Balaban J connectivity index is 2.05. The molecule has 2 heterocycles. The van der Waals surface area contributed by atoms with Crippen molar-refractivity contribution >= 4 is 27.7 Å². The number of halogens is 1. The van der Waals surface area contributed by atoms with Crippen LogP contribution >= 0.6 is 15.9 Å². The lowest BCUT2D eigenvalue weighted by molar-refractivity contribution is -0.117. The lowest BCUT2D eigenvalue weighted by Crippen LogP contribution is -2.35. The minimum absolute atomic E-state index is 0.00282. The summed E-state index contributed by atoms with van der Waals surface area (Å²) in [5.74, 6) is 1.19. The van der Waals surface area contributed by atoms with Crippen molar-refractivity contribution in [2.45, 2.75) is 26.3 Å². The van der Waals surface area contributed by atoms with Gasteiger partial charge in [0.2, 0.25) is 5.91 Å². The molecular weight excluding hydrogens is 282 g/mol. The zero-order valence-electron chi connectivity index (χ0n) is 9.96. The first-order valence-electron chi connectivity index (χ1n) is 5.73. The summed E-state index contributed by atoms with van der Waals surface area (Å²) in [5, 5.41) is 6.08. The zero-order chi connectivity index (χ0) is 12.4. The molecular formula is C12H16BrN3O. The van der Waals surface area contributed by atoms with Gasteiger partial charge >= 0.3 is 0 Å². The number of aromatic nitrogens is 1. The summed E-state index contributed by atoms with van der Waals surface area (Å²) in [5.41, 5.74) is 0.965. The number of carbonyl (C=O) groups is 1. The summed E-state index contributed by atoms with van der Waals surface area (Å²) in [4.78, 5) is 16.3. The molecule has 0 saturated carbocycles. The highest BCUT2D eigenvalue weighted by Crippen LogP contribution is 2.18. The van der Waals surface area contributed by atoms with Crippen LogP contribution < -0.4 is 10.6 Å². The lowest BCUT2D eigenvalue weighted by atomic mass is 10.1. The largest absolute Gasteiger partial charge is 0.309 e. The van der Waals surface area contributed by atoms with Crippen molar-refractivity contribution in [3.63, 3.8) is 0 Å². The van der Waals surface area contributed by atoms with Gasteiger partial charge in [-0.2, -0.15) is 0 Å². The van der Waals surface area contributed by atoms with E-state index in [-0.39, 0.29) is 11.9 Å². The van der Waals surface area contributed by atoms with E-state index in [0.29, 0.717) is 11.7 Å². The number of carbonyl (C=O) groups excluding carboxylic acids is 1. The van der Waals surface area contributed by atoms with Gasteiger partial charge in [-0.1, -0.05) is 13.0 Å². The van der Waals surface area contributed by atoms with Crippen LogP contribution in [0.5, 0.6) is 0 Å². The second-order valence-electron chi connectivity index (χ2n) is 4.59. The molecule has 1 saturated heterocycles. The number of rotatable bonds is 2. The third kappa shape index (κ3) is 3.04. The maximum Gasteiger partial charge on any atom is 0.242 e. The molecule has 2 N–H and O–H groups in total. The molecule has 1 aromatic rings. The van der Waals surface area contributed by atoms with E-state index in [4.69, 9.17) is 0 Å². The van der Waals surface area contributed by atoms with Gasteiger partial charge in [0.1, 0.15) is 10.4 Å². The maximum absolute atomic E-state index is 12.0. The van der Waals surface area contributed by atoms with Crippen LogP contribution in [-0.4, -0.2) is 23.5 Å². The summed E-state index contributed by atoms with van der Waals surface area (Å²) < 4.78 is 0.728. The predicted octanol–water partition coefficient (Wildman–Crippen LogP) is 2.09. The van der Waals surface area contributed by atoms with Crippen LogP contribution in [0.1, 0.15) is 18.9 Å². The van der Waals surface area contributed by atoms with E-state index in [1.165, 1.54) is 0 Å². The van der Waals surface area contributed by atoms with Crippen LogP contribution in [0.4, 0.5) is 5.82 Å².